The third-order valence-electron chi connectivity index (χ3n) is 6.87. The summed E-state index contributed by atoms with van der Waals surface area (Å²) in [6, 6.07) is 31.9. The van der Waals surface area contributed by atoms with Gasteiger partial charge in [-0.25, -0.2) is 0 Å². The summed E-state index contributed by atoms with van der Waals surface area (Å²) >= 11 is 0. The van der Waals surface area contributed by atoms with Crippen LogP contribution in [0.25, 0.3) is 0 Å². The van der Waals surface area contributed by atoms with Crippen LogP contribution < -0.4 is 0 Å². The highest BCUT2D eigenvalue weighted by atomic mass is 14.1. The fourth-order valence-electron chi connectivity index (χ4n) is 5.14. The molecule has 0 spiro atoms. The number of aryl methyl sites for hydroxylation is 4. The summed E-state index contributed by atoms with van der Waals surface area (Å²) < 4.78 is 0. The smallest absolute Gasteiger partial charge is 0.00227 e. The van der Waals surface area contributed by atoms with E-state index in [-0.39, 0.29) is 0 Å². The molecule has 0 heteroatoms. The zero-order valence-corrected chi connectivity index (χ0v) is 25.6. The van der Waals surface area contributed by atoms with Gasteiger partial charge in [-0.2, -0.15) is 0 Å². The van der Waals surface area contributed by atoms with E-state index < -0.39 is 0 Å². The average Bonchev–Trinajstić information content (AvgIpc) is 2.96. The van der Waals surface area contributed by atoms with Gasteiger partial charge in [0.2, 0.25) is 0 Å². The van der Waals surface area contributed by atoms with Crippen molar-refractivity contribution in [2.75, 3.05) is 0 Å². The van der Waals surface area contributed by atoms with Crippen molar-refractivity contribution in [3.05, 3.63) is 153 Å². The highest BCUT2D eigenvalue weighted by molar-refractivity contribution is 5.42. The molecular formula is C39H50. The van der Waals surface area contributed by atoms with Crippen LogP contribution in [0.1, 0.15) is 96.7 Å². The third kappa shape index (κ3) is 10.0. The molecule has 0 amide bonds. The molecule has 0 aliphatic rings. The maximum Gasteiger partial charge on any atom is -0.00227 e. The van der Waals surface area contributed by atoms with Crippen molar-refractivity contribution in [3.63, 3.8) is 0 Å². The third-order valence-corrected chi connectivity index (χ3v) is 6.87. The monoisotopic (exact) mass is 518 g/mol. The molecule has 39 heavy (non-hydrogen) atoms. The molecule has 0 aromatic heterocycles. The fourth-order valence-corrected chi connectivity index (χ4v) is 5.14. The summed E-state index contributed by atoms with van der Waals surface area (Å²) in [6.45, 7) is 18.6. The van der Waals surface area contributed by atoms with Gasteiger partial charge in [0, 0.05) is 0 Å². The standard InChI is InChI=1S/C35H38.2C2H6/c1-5-7-13-33-17-15-29(24-32(33)6-2)21-30-18-27(4)19-31(22-30)25-34-16-14-26(3)20-35(34)23-28-11-9-8-10-12-28;2*1-2/h5,8-12,14-20,22,24H,1,6-7,13,21,23,25H2,2-4H3;2*1-2H3. The molecule has 0 nitrogen and oxygen atoms in total. The lowest BCUT2D eigenvalue weighted by Gasteiger charge is -2.14. The van der Waals surface area contributed by atoms with Crippen molar-refractivity contribution >= 4 is 0 Å². The van der Waals surface area contributed by atoms with Gasteiger partial charge in [-0.1, -0.05) is 137 Å². The predicted molar refractivity (Wildman–Crippen MR) is 174 cm³/mol. The van der Waals surface area contributed by atoms with Crippen LogP contribution in [0.2, 0.25) is 0 Å². The van der Waals surface area contributed by atoms with Gasteiger partial charge in [-0.05, 0) is 96.9 Å². The second-order valence-electron chi connectivity index (χ2n) is 9.90. The maximum absolute atomic E-state index is 3.88. The van der Waals surface area contributed by atoms with Crippen LogP contribution in [0.5, 0.6) is 0 Å². The van der Waals surface area contributed by atoms with Gasteiger partial charge in [-0.3, -0.25) is 0 Å². The minimum absolute atomic E-state index is 0.970. The van der Waals surface area contributed by atoms with E-state index in [0.717, 1.165) is 38.5 Å². The fraction of sp³-hybridized carbons (Fsp3) is 0.333. The Balaban J connectivity index is 0.00000127. The molecule has 0 heterocycles. The molecule has 4 aromatic rings. The number of hydrogen-bond donors (Lipinski definition) is 0. The lowest BCUT2D eigenvalue weighted by atomic mass is 9.91. The average molecular weight is 519 g/mol. The Kier molecular flexibility index (Phi) is 14.1. The van der Waals surface area contributed by atoms with Crippen LogP contribution in [-0.2, 0) is 32.1 Å². The first kappa shape index (κ1) is 31.8. The second-order valence-corrected chi connectivity index (χ2v) is 9.90. The van der Waals surface area contributed by atoms with Gasteiger partial charge in [0.15, 0.2) is 0 Å². The number of benzene rings is 4. The quantitative estimate of drug-likeness (QED) is 0.183. The van der Waals surface area contributed by atoms with Crippen molar-refractivity contribution in [3.8, 4) is 0 Å². The van der Waals surface area contributed by atoms with Crippen molar-refractivity contribution < 1.29 is 0 Å². The van der Waals surface area contributed by atoms with Gasteiger partial charge >= 0.3 is 0 Å². The topological polar surface area (TPSA) is 0 Å². The Morgan fingerprint density at radius 3 is 1.85 bits per heavy atom. The van der Waals surface area contributed by atoms with E-state index in [4.69, 9.17) is 0 Å². The molecule has 0 bridgehead atoms. The molecule has 0 N–H and O–H groups in total. The van der Waals surface area contributed by atoms with Crippen LogP contribution >= 0.6 is 0 Å². The summed E-state index contributed by atoms with van der Waals surface area (Å²) in [4.78, 5) is 0. The van der Waals surface area contributed by atoms with Gasteiger partial charge in [-0.15, -0.1) is 6.58 Å². The van der Waals surface area contributed by atoms with Gasteiger partial charge in [0.25, 0.3) is 0 Å². The maximum atomic E-state index is 3.88. The molecule has 0 fully saturated rings. The minimum atomic E-state index is 0.970. The number of allylic oxidation sites excluding steroid dienone is 1. The highest BCUT2D eigenvalue weighted by Crippen LogP contribution is 2.23. The molecule has 206 valence electrons. The van der Waals surface area contributed by atoms with Crippen LogP contribution in [0, 0.1) is 13.8 Å². The lowest BCUT2D eigenvalue weighted by molar-refractivity contribution is 0.956. The second kappa shape index (κ2) is 17.3. The molecule has 0 atom stereocenters. The normalized spacial score (nSPS) is 10.1. The Morgan fingerprint density at radius 2 is 1.18 bits per heavy atom. The van der Waals surface area contributed by atoms with Crippen LogP contribution in [0.3, 0.4) is 0 Å². The van der Waals surface area contributed by atoms with E-state index in [1.165, 1.54) is 55.6 Å². The first-order valence-corrected chi connectivity index (χ1v) is 15.0. The van der Waals surface area contributed by atoms with Gasteiger partial charge < -0.3 is 0 Å². The molecule has 0 aliphatic heterocycles. The van der Waals surface area contributed by atoms with Crippen LogP contribution in [0.15, 0.2) is 97.6 Å². The van der Waals surface area contributed by atoms with Crippen LogP contribution in [0.4, 0.5) is 0 Å². The summed E-state index contributed by atoms with van der Waals surface area (Å²) in [5, 5.41) is 0. The van der Waals surface area contributed by atoms with Gasteiger partial charge in [0.05, 0.1) is 0 Å². The van der Waals surface area contributed by atoms with E-state index in [1.54, 1.807) is 0 Å². The summed E-state index contributed by atoms with van der Waals surface area (Å²) in [7, 11) is 0. The summed E-state index contributed by atoms with van der Waals surface area (Å²) in [6.07, 6.45) is 8.15. The largest absolute Gasteiger partial charge is 0.103 e. The Hall–Kier alpha value is -3.38. The van der Waals surface area contributed by atoms with E-state index in [0.29, 0.717) is 0 Å². The van der Waals surface area contributed by atoms with E-state index in [1.807, 2.05) is 33.8 Å². The van der Waals surface area contributed by atoms with Crippen molar-refractivity contribution in [1.29, 1.82) is 0 Å². The Morgan fingerprint density at radius 1 is 0.538 bits per heavy atom. The predicted octanol–water partition coefficient (Wildman–Crippen LogP) is 10.8. The van der Waals surface area contributed by atoms with E-state index in [9.17, 15) is 0 Å². The molecule has 0 radical (unpaired) electrons. The number of rotatable bonds is 10. The molecule has 4 rings (SSSR count). The molecular weight excluding hydrogens is 468 g/mol. The molecule has 0 unspecified atom stereocenters. The van der Waals surface area contributed by atoms with Crippen molar-refractivity contribution in [1.82, 2.24) is 0 Å². The van der Waals surface area contributed by atoms with Crippen molar-refractivity contribution in [2.45, 2.75) is 87.0 Å². The molecule has 0 aliphatic carbocycles. The minimum Gasteiger partial charge on any atom is -0.103 e. The molecule has 4 aromatic carbocycles. The van der Waals surface area contributed by atoms with E-state index >= 15 is 0 Å². The van der Waals surface area contributed by atoms with Gasteiger partial charge in [0.1, 0.15) is 0 Å². The van der Waals surface area contributed by atoms with Crippen molar-refractivity contribution in [2.24, 2.45) is 0 Å². The lowest BCUT2D eigenvalue weighted by Crippen LogP contribution is -2.00. The zero-order chi connectivity index (χ0) is 28.6. The van der Waals surface area contributed by atoms with Crippen LogP contribution in [-0.4, -0.2) is 0 Å². The first-order chi connectivity index (χ1) is 19.0. The highest BCUT2D eigenvalue weighted by Gasteiger charge is 2.09. The van der Waals surface area contributed by atoms with E-state index in [2.05, 4.69) is 112 Å². The first-order valence-electron chi connectivity index (χ1n) is 15.0. The Bertz CT molecular complexity index is 1280. The summed E-state index contributed by atoms with van der Waals surface area (Å²) in [5.41, 5.74) is 14.0. The summed E-state index contributed by atoms with van der Waals surface area (Å²) in [5.74, 6) is 0. The SMILES string of the molecule is C=CCCc1ccc(Cc2cc(C)cc(Cc3ccc(C)cc3Cc3ccccc3)c2)cc1CC.CC.CC. The zero-order valence-electron chi connectivity index (χ0n) is 25.6. The molecule has 0 saturated carbocycles. The molecule has 0 saturated heterocycles. The number of hydrogen-bond acceptors (Lipinski definition) is 0. The Labute approximate surface area is 239 Å².